The van der Waals surface area contributed by atoms with Gasteiger partial charge in [0.05, 0.1) is 5.69 Å². The first-order chi connectivity index (χ1) is 12.0. The Bertz CT molecular complexity index is 880. The molecule has 0 fully saturated rings. The maximum atomic E-state index is 12.3. The standard InChI is InChI=1S/C16H13F2N5O2/c1-10-20-21-22-23(10)13-4-2-3-12(9-13)19-15(24)11-5-7-14(8-6-11)25-16(17)18/h2-9,16H,1H3,(H,19,24). The van der Waals surface area contributed by atoms with Crippen LogP contribution in [0.4, 0.5) is 14.5 Å². The Kier molecular flexibility index (Phi) is 4.64. The van der Waals surface area contributed by atoms with Gasteiger partial charge in [0.1, 0.15) is 5.75 Å². The van der Waals surface area contributed by atoms with E-state index in [9.17, 15) is 13.6 Å². The van der Waals surface area contributed by atoms with Gasteiger partial charge < -0.3 is 10.1 Å². The number of halogens is 2. The van der Waals surface area contributed by atoms with Crippen molar-refractivity contribution < 1.29 is 18.3 Å². The maximum Gasteiger partial charge on any atom is 0.387 e. The zero-order chi connectivity index (χ0) is 17.8. The van der Waals surface area contributed by atoms with Crippen molar-refractivity contribution in [3.8, 4) is 11.4 Å². The third kappa shape index (κ3) is 3.94. The third-order valence-corrected chi connectivity index (χ3v) is 3.32. The molecule has 25 heavy (non-hydrogen) atoms. The van der Waals surface area contributed by atoms with Gasteiger partial charge in [-0.15, -0.1) is 5.10 Å². The summed E-state index contributed by atoms with van der Waals surface area (Å²) in [7, 11) is 0. The van der Waals surface area contributed by atoms with Gasteiger partial charge in [0.2, 0.25) is 0 Å². The fourth-order valence-electron chi connectivity index (χ4n) is 2.18. The minimum absolute atomic E-state index is 0.0114. The summed E-state index contributed by atoms with van der Waals surface area (Å²) in [4.78, 5) is 12.3. The van der Waals surface area contributed by atoms with E-state index in [2.05, 4.69) is 25.6 Å². The number of nitrogens with zero attached hydrogens (tertiary/aromatic N) is 4. The number of alkyl halides is 2. The third-order valence-electron chi connectivity index (χ3n) is 3.32. The predicted molar refractivity (Wildman–Crippen MR) is 84.9 cm³/mol. The number of amides is 1. The summed E-state index contributed by atoms with van der Waals surface area (Å²) in [5, 5.41) is 14.0. The van der Waals surface area contributed by atoms with Crippen LogP contribution in [0.1, 0.15) is 16.2 Å². The van der Waals surface area contributed by atoms with Gasteiger partial charge in [-0.1, -0.05) is 6.07 Å². The van der Waals surface area contributed by atoms with Crippen LogP contribution in [0.2, 0.25) is 0 Å². The molecule has 0 aliphatic rings. The van der Waals surface area contributed by atoms with Crippen LogP contribution in [0.15, 0.2) is 48.5 Å². The second-order valence-electron chi connectivity index (χ2n) is 5.05. The van der Waals surface area contributed by atoms with Gasteiger partial charge in [-0.05, 0) is 59.8 Å². The van der Waals surface area contributed by atoms with E-state index in [4.69, 9.17) is 0 Å². The minimum Gasteiger partial charge on any atom is -0.435 e. The molecule has 0 atom stereocenters. The van der Waals surface area contributed by atoms with Gasteiger partial charge in [0.25, 0.3) is 5.91 Å². The van der Waals surface area contributed by atoms with Crippen LogP contribution in [0, 0.1) is 6.92 Å². The highest BCUT2D eigenvalue weighted by atomic mass is 19.3. The number of nitrogens with one attached hydrogen (secondary N) is 1. The number of aryl methyl sites for hydroxylation is 1. The molecule has 0 radical (unpaired) electrons. The summed E-state index contributed by atoms with van der Waals surface area (Å²) in [6.07, 6.45) is 0. The number of carbonyl (C=O) groups excluding carboxylic acids is 1. The number of anilines is 1. The number of tetrazole rings is 1. The molecule has 2 aromatic carbocycles. The SMILES string of the molecule is Cc1nnnn1-c1cccc(NC(=O)c2ccc(OC(F)F)cc2)c1. The van der Waals surface area contributed by atoms with E-state index in [1.165, 1.54) is 28.9 Å². The molecule has 3 rings (SSSR count). The van der Waals surface area contributed by atoms with E-state index < -0.39 is 6.61 Å². The number of carbonyl (C=O) groups is 1. The van der Waals surface area contributed by atoms with Crippen molar-refractivity contribution in [2.24, 2.45) is 0 Å². The lowest BCUT2D eigenvalue weighted by molar-refractivity contribution is -0.0498. The van der Waals surface area contributed by atoms with Gasteiger partial charge in [-0.3, -0.25) is 4.79 Å². The van der Waals surface area contributed by atoms with Crippen LogP contribution in [-0.4, -0.2) is 32.7 Å². The molecule has 3 aromatic rings. The first kappa shape index (κ1) is 16.5. The van der Waals surface area contributed by atoms with Crippen molar-refractivity contribution in [1.29, 1.82) is 0 Å². The normalized spacial score (nSPS) is 10.7. The average Bonchev–Trinajstić information content (AvgIpc) is 3.01. The fourth-order valence-corrected chi connectivity index (χ4v) is 2.18. The predicted octanol–water partition coefficient (Wildman–Crippen LogP) is 2.82. The van der Waals surface area contributed by atoms with Crippen LogP contribution in [0.3, 0.4) is 0 Å². The molecule has 128 valence electrons. The maximum absolute atomic E-state index is 12.3. The van der Waals surface area contributed by atoms with E-state index in [1.807, 2.05) is 0 Å². The van der Waals surface area contributed by atoms with Gasteiger partial charge in [-0.2, -0.15) is 13.5 Å². The molecule has 1 heterocycles. The number of hydrogen-bond donors (Lipinski definition) is 1. The van der Waals surface area contributed by atoms with Crippen molar-refractivity contribution in [2.45, 2.75) is 13.5 Å². The summed E-state index contributed by atoms with van der Waals surface area (Å²) in [5.41, 5.74) is 1.55. The number of rotatable bonds is 5. The lowest BCUT2D eigenvalue weighted by Crippen LogP contribution is -2.12. The van der Waals surface area contributed by atoms with Crippen LogP contribution in [0.5, 0.6) is 5.75 Å². The molecule has 0 aliphatic heterocycles. The number of aromatic nitrogens is 4. The number of benzene rings is 2. The largest absolute Gasteiger partial charge is 0.435 e. The Morgan fingerprint density at radius 1 is 1.20 bits per heavy atom. The quantitative estimate of drug-likeness (QED) is 0.769. The smallest absolute Gasteiger partial charge is 0.387 e. The first-order valence-electron chi connectivity index (χ1n) is 7.24. The summed E-state index contributed by atoms with van der Waals surface area (Å²) in [6.45, 7) is -1.15. The molecule has 1 aromatic heterocycles. The average molecular weight is 345 g/mol. The van der Waals surface area contributed by atoms with Gasteiger partial charge in [0, 0.05) is 11.3 Å². The van der Waals surface area contributed by atoms with Gasteiger partial charge >= 0.3 is 6.61 Å². The zero-order valence-corrected chi connectivity index (χ0v) is 13.1. The van der Waals surface area contributed by atoms with E-state index in [0.717, 1.165) is 0 Å². The summed E-state index contributed by atoms with van der Waals surface area (Å²) >= 11 is 0. The molecule has 1 amide bonds. The van der Waals surface area contributed by atoms with Crippen LogP contribution >= 0.6 is 0 Å². The topological polar surface area (TPSA) is 81.9 Å². The van der Waals surface area contributed by atoms with Crippen LogP contribution in [-0.2, 0) is 0 Å². The van der Waals surface area contributed by atoms with Crippen molar-refractivity contribution >= 4 is 11.6 Å². The molecule has 7 nitrogen and oxygen atoms in total. The van der Waals surface area contributed by atoms with E-state index in [0.29, 0.717) is 22.8 Å². The lowest BCUT2D eigenvalue weighted by atomic mass is 10.2. The van der Waals surface area contributed by atoms with Crippen molar-refractivity contribution in [3.63, 3.8) is 0 Å². The van der Waals surface area contributed by atoms with Crippen molar-refractivity contribution in [3.05, 3.63) is 59.9 Å². The second kappa shape index (κ2) is 7.04. The minimum atomic E-state index is -2.91. The number of hydrogen-bond acceptors (Lipinski definition) is 5. The van der Waals surface area contributed by atoms with Crippen molar-refractivity contribution in [2.75, 3.05) is 5.32 Å². The molecule has 0 bridgehead atoms. The highest BCUT2D eigenvalue weighted by Gasteiger charge is 2.10. The Morgan fingerprint density at radius 3 is 2.60 bits per heavy atom. The molecular formula is C16H13F2N5O2. The Morgan fingerprint density at radius 2 is 1.96 bits per heavy atom. The molecule has 9 heteroatoms. The highest BCUT2D eigenvalue weighted by Crippen LogP contribution is 2.18. The van der Waals surface area contributed by atoms with E-state index in [-0.39, 0.29) is 11.7 Å². The Hall–Kier alpha value is -3.36. The van der Waals surface area contributed by atoms with Gasteiger partial charge in [-0.25, -0.2) is 0 Å². The van der Waals surface area contributed by atoms with Crippen LogP contribution in [0.25, 0.3) is 5.69 Å². The van der Waals surface area contributed by atoms with Crippen LogP contribution < -0.4 is 10.1 Å². The Labute approximate surface area is 141 Å². The molecule has 0 aliphatic carbocycles. The summed E-state index contributed by atoms with van der Waals surface area (Å²) < 4.78 is 30.0. The molecular weight excluding hydrogens is 332 g/mol. The highest BCUT2D eigenvalue weighted by molar-refractivity contribution is 6.04. The first-order valence-corrected chi connectivity index (χ1v) is 7.24. The zero-order valence-electron chi connectivity index (χ0n) is 13.1. The monoisotopic (exact) mass is 345 g/mol. The lowest BCUT2D eigenvalue weighted by Gasteiger charge is -2.09. The summed E-state index contributed by atoms with van der Waals surface area (Å²) in [6, 6.07) is 12.4. The Balaban J connectivity index is 1.74. The van der Waals surface area contributed by atoms with E-state index in [1.54, 1.807) is 31.2 Å². The summed E-state index contributed by atoms with van der Waals surface area (Å²) in [5.74, 6) is 0.218. The van der Waals surface area contributed by atoms with Crippen molar-refractivity contribution in [1.82, 2.24) is 20.2 Å². The molecule has 1 N–H and O–H groups in total. The molecule has 0 saturated carbocycles. The molecule has 0 spiro atoms. The molecule has 0 saturated heterocycles. The van der Waals surface area contributed by atoms with Gasteiger partial charge in [0.15, 0.2) is 5.82 Å². The second-order valence-corrected chi connectivity index (χ2v) is 5.05. The number of ether oxygens (including phenoxy) is 1. The molecule has 0 unspecified atom stereocenters. The van der Waals surface area contributed by atoms with E-state index >= 15 is 0 Å². The fraction of sp³-hybridized carbons (Fsp3) is 0.125.